The Morgan fingerprint density at radius 3 is 1.83 bits per heavy atom. The second kappa shape index (κ2) is 5.13. The quantitative estimate of drug-likeness (QED) is 0.808. The van der Waals surface area contributed by atoms with Crippen molar-refractivity contribution in [1.29, 1.82) is 0 Å². The number of hydrogen-bond acceptors (Lipinski definition) is 2. The van der Waals surface area contributed by atoms with E-state index in [4.69, 9.17) is 0 Å². The first-order valence-electron chi connectivity index (χ1n) is 7.81. The van der Waals surface area contributed by atoms with E-state index in [1.807, 2.05) is 0 Å². The molecular weight excluding hydrogens is 220 g/mol. The normalized spacial score (nSPS) is 30.5. The van der Waals surface area contributed by atoms with Gasteiger partial charge in [-0.3, -0.25) is 4.90 Å². The van der Waals surface area contributed by atoms with Gasteiger partial charge in [-0.25, -0.2) is 0 Å². The summed E-state index contributed by atoms with van der Waals surface area (Å²) in [6, 6.07) is 1.49. The minimum atomic E-state index is 0.314. The Morgan fingerprint density at radius 1 is 0.833 bits per heavy atom. The molecule has 2 nitrogen and oxygen atoms in total. The summed E-state index contributed by atoms with van der Waals surface area (Å²) in [5.41, 5.74) is 0.627. The summed E-state index contributed by atoms with van der Waals surface area (Å²) in [4.78, 5) is 2.57. The van der Waals surface area contributed by atoms with Gasteiger partial charge in [-0.05, 0) is 60.4 Å². The average Bonchev–Trinajstić information content (AvgIpc) is 2.26. The van der Waals surface area contributed by atoms with Crippen LogP contribution >= 0.6 is 0 Å². The molecule has 0 unspecified atom stereocenters. The Balaban J connectivity index is 1.97. The second-order valence-electron chi connectivity index (χ2n) is 7.79. The van der Waals surface area contributed by atoms with Crippen LogP contribution in [0.25, 0.3) is 0 Å². The minimum Gasteiger partial charge on any atom is -0.311 e. The van der Waals surface area contributed by atoms with Crippen molar-refractivity contribution in [3.05, 3.63) is 0 Å². The van der Waals surface area contributed by atoms with E-state index in [2.05, 4.69) is 45.0 Å². The van der Waals surface area contributed by atoms with Gasteiger partial charge >= 0.3 is 0 Å². The smallest absolute Gasteiger partial charge is 0.0170 e. The molecule has 0 bridgehead atoms. The van der Waals surface area contributed by atoms with Crippen molar-refractivity contribution in [2.24, 2.45) is 0 Å². The molecule has 2 rings (SSSR count). The molecule has 1 heterocycles. The lowest BCUT2D eigenvalue weighted by Crippen LogP contribution is -2.63. The summed E-state index contributed by atoms with van der Waals surface area (Å²) in [6.45, 7) is 9.57. The third-order valence-electron chi connectivity index (χ3n) is 5.38. The molecule has 2 heteroatoms. The van der Waals surface area contributed by atoms with E-state index in [-0.39, 0.29) is 0 Å². The summed E-state index contributed by atoms with van der Waals surface area (Å²) in [6.07, 6.45) is 9.66. The standard InChI is InChI=1S/C16H32N2/c1-15(2)11-14(12-16(3,4)18(15)5)17-13-9-7-6-8-10-13/h13-14,17H,6-12H2,1-5H3. The first-order valence-corrected chi connectivity index (χ1v) is 7.81. The highest BCUT2D eigenvalue weighted by molar-refractivity contribution is 5.01. The Labute approximate surface area is 114 Å². The van der Waals surface area contributed by atoms with Crippen LogP contribution < -0.4 is 5.32 Å². The van der Waals surface area contributed by atoms with Crippen LogP contribution in [-0.2, 0) is 0 Å². The molecule has 0 aromatic carbocycles. The Kier molecular flexibility index (Phi) is 4.08. The van der Waals surface area contributed by atoms with Crippen LogP contribution in [0.4, 0.5) is 0 Å². The first kappa shape index (κ1) is 14.3. The lowest BCUT2D eigenvalue weighted by molar-refractivity contribution is -0.0208. The van der Waals surface area contributed by atoms with E-state index in [1.54, 1.807) is 0 Å². The maximum absolute atomic E-state index is 3.96. The second-order valence-corrected chi connectivity index (χ2v) is 7.79. The summed E-state index contributed by atoms with van der Waals surface area (Å²) in [7, 11) is 2.29. The Bertz CT molecular complexity index is 259. The van der Waals surface area contributed by atoms with E-state index in [0.717, 1.165) is 6.04 Å². The van der Waals surface area contributed by atoms with Crippen molar-refractivity contribution < 1.29 is 0 Å². The number of rotatable bonds is 2. The fourth-order valence-corrected chi connectivity index (χ4v) is 4.09. The van der Waals surface area contributed by atoms with E-state index >= 15 is 0 Å². The van der Waals surface area contributed by atoms with E-state index in [0.29, 0.717) is 17.1 Å². The maximum Gasteiger partial charge on any atom is 0.0170 e. The molecule has 1 N–H and O–H groups in total. The van der Waals surface area contributed by atoms with Crippen LogP contribution in [0.1, 0.15) is 72.6 Å². The van der Waals surface area contributed by atoms with Crippen LogP contribution in [0.2, 0.25) is 0 Å². The van der Waals surface area contributed by atoms with Crippen LogP contribution in [-0.4, -0.2) is 35.1 Å². The zero-order chi connectivity index (χ0) is 13.4. The van der Waals surface area contributed by atoms with Gasteiger partial charge in [0.1, 0.15) is 0 Å². The lowest BCUT2D eigenvalue weighted by atomic mass is 9.77. The molecule has 1 saturated carbocycles. The van der Waals surface area contributed by atoms with Gasteiger partial charge in [-0.15, -0.1) is 0 Å². The molecule has 1 saturated heterocycles. The Morgan fingerprint density at radius 2 is 1.33 bits per heavy atom. The molecule has 2 aliphatic rings. The highest BCUT2D eigenvalue weighted by Crippen LogP contribution is 2.37. The van der Waals surface area contributed by atoms with E-state index in [9.17, 15) is 0 Å². The average molecular weight is 252 g/mol. The van der Waals surface area contributed by atoms with Crippen molar-refractivity contribution in [1.82, 2.24) is 10.2 Å². The van der Waals surface area contributed by atoms with Crippen molar-refractivity contribution in [3.63, 3.8) is 0 Å². The van der Waals surface area contributed by atoms with Crippen molar-refractivity contribution in [2.75, 3.05) is 7.05 Å². The number of hydrogen-bond donors (Lipinski definition) is 1. The number of piperidine rings is 1. The van der Waals surface area contributed by atoms with Crippen molar-refractivity contribution in [3.8, 4) is 0 Å². The third-order valence-corrected chi connectivity index (χ3v) is 5.38. The summed E-state index contributed by atoms with van der Waals surface area (Å²) in [5, 5.41) is 3.96. The predicted octanol–water partition coefficient (Wildman–Crippen LogP) is 3.56. The van der Waals surface area contributed by atoms with E-state index in [1.165, 1.54) is 44.9 Å². The zero-order valence-corrected chi connectivity index (χ0v) is 13.1. The molecule has 0 aromatic heterocycles. The van der Waals surface area contributed by atoms with Crippen LogP contribution in [0.15, 0.2) is 0 Å². The minimum absolute atomic E-state index is 0.314. The maximum atomic E-state index is 3.96. The molecule has 106 valence electrons. The fraction of sp³-hybridized carbons (Fsp3) is 1.00. The fourth-order valence-electron chi connectivity index (χ4n) is 4.09. The zero-order valence-electron chi connectivity index (χ0n) is 13.1. The van der Waals surface area contributed by atoms with Gasteiger partial charge in [0.2, 0.25) is 0 Å². The lowest BCUT2D eigenvalue weighted by Gasteiger charge is -2.54. The van der Waals surface area contributed by atoms with Crippen LogP contribution in [0, 0.1) is 0 Å². The van der Waals surface area contributed by atoms with Gasteiger partial charge in [-0.2, -0.15) is 0 Å². The molecule has 0 atom stereocenters. The van der Waals surface area contributed by atoms with Gasteiger partial charge < -0.3 is 5.32 Å². The number of likely N-dealkylation sites (tertiary alicyclic amines) is 1. The molecule has 0 aromatic rings. The van der Waals surface area contributed by atoms with Gasteiger partial charge in [-0.1, -0.05) is 19.3 Å². The van der Waals surface area contributed by atoms with Crippen LogP contribution in [0.5, 0.6) is 0 Å². The summed E-state index contributed by atoms with van der Waals surface area (Å²) < 4.78 is 0. The molecule has 18 heavy (non-hydrogen) atoms. The molecule has 1 aliphatic carbocycles. The predicted molar refractivity (Wildman–Crippen MR) is 79.0 cm³/mol. The summed E-state index contributed by atoms with van der Waals surface area (Å²) >= 11 is 0. The van der Waals surface area contributed by atoms with Gasteiger partial charge in [0, 0.05) is 23.2 Å². The Hall–Kier alpha value is -0.0800. The highest BCUT2D eigenvalue weighted by Gasteiger charge is 2.43. The van der Waals surface area contributed by atoms with Gasteiger partial charge in [0.25, 0.3) is 0 Å². The molecule has 0 radical (unpaired) electrons. The summed E-state index contributed by atoms with van der Waals surface area (Å²) in [5.74, 6) is 0. The molecule has 1 aliphatic heterocycles. The highest BCUT2D eigenvalue weighted by atomic mass is 15.2. The molecule has 0 spiro atoms. The number of nitrogens with zero attached hydrogens (tertiary/aromatic N) is 1. The first-order chi connectivity index (χ1) is 8.31. The molecular formula is C16H32N2. The van der Waals surface area contributed by atoms with Crippen molar-refractivity contribution >= 4 is 0 Å². The van der Waals surface area contributed by atoms with Crippen LogP contribution in [0.3, 0.4) is 0 Å². The topological polar surface area (TPSA) is 15.3 Å². The monoisotopic (exact) mass is 252 g/mol. The van der Waals surface area contributed by atoms with Gasteiger partial charge in [0.05, 0.1) is 0 Å². The largest absolute Gasteiger partial charge is 0.311 e. The molecule has 2 fully saturated rings. The van der Waals surface area contributed by atoms with Gasteiger partial charge in [0.15, 0.2) is 0 Å². The van der Waals surface area contributed by atoms with Crippen molar-refractivity contribution in [2.45, 2.75) is 95.8 Å². The van der Waals surface area contributed by atoms with E-state index < -0.39 is 0 Å². The third kappa shape index (κ3) is 3.08. The SMILES string of the molecule is CN1C(C)(C)CC(NC2CCCCC2)CC1(C)C. The number of nitrogens with one attached hydrogen (secondary N) is 1. The molecule has 0 amide bonds.